The monoisotopic (exact) mass is 370 g/mol. The van der Waals surface area contributed by atoms with Gasteiger partial charge in [-0.1, -0.05) is 32.0 Å². The Bertz CT molecular complexity index is 836. The summed E-state index contributed by atoms with van der Waals surface area (Å²) in [5.74, 6) is 0.0815. The Labute approximate surface area is 160 Å². The van der Waals surface area contributed by atoms with Gasteiger partial charge in [0.2, 0.25) is 5.91 Å². The third kappa shape index (κ3) is 4.56. The first-order valence-electron chi connectivity index (χ1n) is 10.1. The summed E-state index contributed by atoms with van der Waals surface area (Å²) in [6, 6.07) is 7.54. The maximum absolute atomic E-state index is 12.8. The highest BCUT2D eigenvalue weighted by Gasteiger charge is 2.17. The number of aromatic nitrogens is 2. The summed E-state index contributed by atoms with van der Waals surface area (Å²) in [7, 11) is 0. The molecule has 0 atom stereocenters. The molecule has 0 aliphatic carbocycles. The normalized spacial score (nSPS) is 14.9. The molecular weight excluding hydrogens is 340 g/mol. The summed E-state index contributed by atoms with van der Waals surface area (Å²) >= 11 is 0. The second-order valence-electron chi connectivity index (χ2n) is 7.30. The molecule has 1 aliphatic rings. The van der Waals surface area contributed by atoms with E-state index in [4.69, 9.17) is 0 Å². The number of rotatable bonds is 8. The highest BCUT2D eigenvalue weighted by Crippen LogP contribution is 2.14. The van der Waals surface area contributed by atoms with E-state index in [1.807, 2.05) is 38.1 Å². The Kier molecular flexibility index (Phi) is 6.61. The molecule has 6 heteroatoms. The summed E-state index contributed by atoms with van der Waals surface area (Å²) in [6.45, 7) is 8.02. The van der Waals surface area contributed by atoms with Crippen molar-refractivity contribution in [2.75, 3.05) is 19.6 Å². The quantitative estimate of drug-likeness (QED) is 0.775. The molecule has 1 fully saturated rings. The Balaban J connectivity index is 1.83. The minimum atomic E-state index is -0.0557. The fraction of sp³-hybridized carbons (Fsp3) is 0.571. The number of likely N-dealkylation sites (tertiary alicyclic amines) is 1. The Hall–Kier alpha value is -2.21. The van der Waals surface area contributed by atoms with Crippen molar-refractivity contribution in [1.29, 1.82) is 0 Å². The summed E-state index contributed by atoms with van der Waals surface area (Å²) in [5.41, 5.74) is 0.700. The van der Waals surface area contributed by atoms with E-state index in [0.29, 0.717) is 18.5 Å². The van der Waals surface area contributed by atoms with Crippen LogP contribution in [-0.4, -0.2) is 40.2 Å². The zero-order valence-electron chi connectivity index (χ0n) is 16.4. The van der Waals surface area contributed by atoms with Crippen LogP contribution in [0.25, 0.3) is 10.8 Å². The number of fused-ring (bicyclic) bond motifs is 1. The highest BCUT2D eigenvalue weighted by molar-refractivity contribution is 5.84. The molecule has 6 nitrogen and oxygen atoms in total. The Morgan fingerprint density at radius 2 is 1.78 bits per heavy atom. The zero-order valence-corrected chi connectivity index (χ0v) is 16.4. The summed E-state index contributed by atoms with van der Waals surface area (Å²) in [4.78, 5) is 27.5. The maximum atomic E-state index is 12.8. The van der Waals surface area contributed by atoms with Crippen LogP contribution in [0.3, 0.4) is 0 Å². The second-order valence-corrected chi connectivity index (χ2v) is 7.30. The van der Waals surface area contributed by atoms with Gasteiger partial charge in [0.15, 0.2) is 0 Å². The number of carbonyl (C=O) groups is 1. The lowest BCUT2D eigenvalue weighted by Crippen LogP contribution is -2.34. The number of nitrogens with zero attached hydrogens (tertiary/aromatic N) is 3. The maximum Gasteiger partial charge on any atom is 0.274 e. The van der Waals surface area contributed by atoms with E-state index in [0.717, 1.165) is 43.6 Å². The molecule has 3 rings (SSSR count). The molecule has 2 aromatic rings. The summed E-state index contributed by atoms with van der Waals surface area (Å²) in [6.07, 6.45) is 4.11. The minimum Gasteiger partial charge on any atom is -0.350 e. The molecule has 0 spiro atoms. The average Bonchev–Trinajstić information content (AvgIpc) is 3.21. The fourth-order valence-corrected chi connectivity index (χ4v) is 3.80. The van der Waals surface area contributed by atoms with Crippen molar-refractivity contribution in [3.63, 3.8) is 0 Å². The van der Waals surface area contributed by atoms with Crippen LogP contribution in [0.1, 0.15) is 45.2 Å². The van der Waals surface area contributed by atoms with Crippen molar-refractivity contribution < 1.29 is 4.79 Å². The molecule has 1 aliphatic heterocycles. The minimum absolute atomic E-state index is 0.0253. The van der Waals surface area contributed by atoms with Crippen LogP contribution in [-0.2, 0) is 17.9 Å². The lowest BCUT2D eigenvalue weighted by molar-refractivity contribution is -0.125. The Morgan fingerprint density at radius 1 is 1.11 bits per heavy atom. The van der Waals surface area contributed by atoms with Crippen molar-refractivity contribution in [3.05, 3.63) is 40.3 Å². The molecule has 1 aromatic heterocycles. The van der Waals surface area contributed by atoms with Gasteiger partial charge in [0.25, 0.3) is 5.56 Å². The molecule has 2 heterocycles. The van der Waals surface area contributed by atoms with E-state index in [1.54, 1.807) is 4.68 Å². The molecule has 1 aromatic carbocycles. The van der Waals surface area contributed by atoms with Gasteiger partial charge in [0.1, 0.15) is 0 Å². The molecule has 1 saturated heterocycles. The van der Waals surface area contributed by atoms with Crippen LogP contribution in [0.5, 0.6) is 0 Å². The van der Waals surface area contributed by atoms with Crippen molar-refractivity contribution in [2.24, 2.45) is 5.92 Å². The molecule has 146 valence electrons. The SMILES string of the molecule is CCC(CC)C(=O)NCc1nn(CCN2CCCC2)c(=O)c2ccccc12. The molecule has 1 amide bonds. The van der Waals surface area contributed by atoms with E-state index < -0.39 is 0 Å². The van der Waals surface area contributed by atoms with Gasteiger partial charge in [-0.25, -0.2) is 4.68 Å². The standard InChI is InChI=1S/C21H30N4O2/c1-3-16(4-2)20(26)22-15-19-17-9-5-6-10-18(17)21(27)25(23-19)14-13-24-11-7-8-12-24/h5-6,9-10,16H,3-4,7-8,11-15H2,1-2H3,(H,22,26). The third-order valence-electron chi connectivity index (χ3n) is 5.56. The largest absolute Gasteiger partial charge is 0.350 e. The number of carbonyl (C=O) groups excluding carboxylic acids is 1. The van der Waals surface area contributed by atoms with Gasteiger partial charge < -0.3 is 10.2 Å². The number of nitrogens with one attached hydrogen (secondary N) is 1. The van der Waals surface area contributed by atoms with Gasteiger partial charge in [-0.05, 0) is 44.8 Å². The van der Waals surface area contributed by atoms with Crippen LogP contribution in [0.4, 0.5) is 0 Å². The molecular formula is C21H30N4O2. The van der Waals surface area contributed by atoms with Crippen molar-refractivity contribution in [3.8, 4) is 0 Å². The second kappa shape index (κ2) is 9.13. The van der Waals surface area contributed by atoms with Gasteiger partial charge in [-0.3, -0.25) is 9.59 Å². The molecule has 0 bridgehead atoms. The third-order valence-corrected chi connectivity index (χ3v) is 5.56. The van der Waals surface area contributed by atoms with E-state index >= 15 is 0 Å². The number of benzene rings is 1. The van der Waals surface area contributed by atoms with E-state index in [2.05, 4.69) is 15.3 Å². The molecule has 0 unspecified atom stereocenters. The fourth-order valence-electron chi connectivity index (χ4n) is 3.80. The van der Waals surface area contributed by atoms with Crippen molar-refractivity contribution >= 4 is 16.7 Å². The zero-order chi connectivity index (χ0) is 19.2. The van der Waals surface area contributed by atoms with Gasteiger partial charge in [-0.15, -0.1) is 0 Å². The highest BCUT2D eigenvalue weighted by atomic mass is 16.2. The van der Waals surface area contributed by atoms with E-state index in [1.165, 1.54) is 12.8 Å². The number of hydrogen-bond donors (Lipinski definition) is 1. The first kappa shape index (κ1) is 19.5. The Morgan fingerprint density at radius 3 is 2.44 bits per heavy atom. The van der Waals surface area contributed by atoms with Gasteiger partial charge in [0.05, 0.1) is 24.2 Å². The van der Waals surface area contributed by atoms with Crippen LogP contribution >= 0.6 is 0 Å². The van der Waals surface area contributed by atoms with Crippen molar-refractivity contribution in [2.45, 2.75) is 52.6 Å². The van der Waals surface area contributed by atoms with Gasteiger partial charge in [0, 0.05) is 17.8 Å². The predicted octanol–water partition coefficient (Wildman–Crippen LogP) is 2.54. The first-order valence-corrected chi connectivity index (χ1v) is 10.1. The number of amides is 1. The van der Waals surface area contributed by atoms with Crippen LogP contribution in [0.2, 0.25) is 0 Å². The van der Waals surface area contributed by atoms with Gasteiger partial charge in [-0.2, -0.15) is 5.10 Å². The molecule has 1 N–H and O–H groups in total. The van der Waals surface area contributed by atoms with Gasteiger partial charge >= 0.3 is 0 Å². The molecule has 0 saturated carbocycles. The average molecular weight is 370 g/mol. The smallest absolute Gasteiger partial charge is 0.274 e. The topological polar surface area (TPSA) is 67.2 Å². The van der Waals surface area contributed by atoms with Crippen LogP contribution in [0, 0.1) is 5.92 Å². The lowest BCUT2D eigenvalue weighted by Gasteiger charge is -2.17. The van der Waals surface area contributed by atoms with E-state index in [9.17, 15) is 9.59 Å². The lowest BCUT2D eigenvalue weighted by atomic mass is 10.0. The van der Waals surface area contributed by atoms with Crippen LogP contribution in [0.15, 0.2) is 29.1 Å². The molecule has 27 heavy (non-hydrogen) atoms. The van der Waals surface area contributed by atoms with E-state index in [-0.39, 0.29) is 17.4 Å². The number of hydrogen-bond acceptors (Lipinski definition) is 4. The first-order chi connectivity index (χ1) is 13.1. The van der Waals surface area contributed by atoms with Crippen molar-refractivity contribution in [1.82, 2.24) is 20.0 Å². The van der Waals surface area contributed by atoms with Crippen LogP contribution < -0.4 is 10.9 Å². The molecule has 0 radical (unpaired) electrons. The summed E-state index contributed by atoms with van der Waals surface area (Å²) in [5, 5.41) is 9.11. The predicted molar refractivity (Wildman–Crippen MR) is 108 cm³/mol. The summed E-state index contributed by atoms with van der Waals surface area (Å²) < 4.78 is 1.57.